The summed E-state index contributed by atoms with van der Waals surface area (Å²) in [5.41, 5.74) is 2.24. The van der Waals surface area contributed by atoms with Crippen LogP contribution in [0.2, 0.25) is 0 Å². The van der Waals surface area contributed by atoms with Crippen molar-refractivity contribution in [1.29, 1.82) is 0 Å². The van der Waals surface area contributed by atoms with Gasteiger partial charge >= 0.3 is 5.63 Å². The van der Waals surface area contributed by atoms with E-state index in [2.05, 4.69) is 16.0 Å². The summed E-state index contributed by atoms with van der Waals surface area (Å²) < 4.78 is 11.0. The van der Waals surface area contributed by atoms with Crippen LogP contribution in [0.4, 0.5) is 11.4 Å². The number of carbonyl (C=O) groups excluding carboxylic acids is 1. The van der Waals surface area contributed by atoms with E-state index in [9.17, 15) is 9.59 Å². The second-order valence-corrected chi connectivity index (χ2v) is 8.08. The van der Waals surface area contributed by atoms with Gasteiger partial charge in [-0.1, -0.05) is 13.3 Å². The predicted molar refractivity (Wildman–Crippen MR) is 127 cm³/mol. The molecule has 1 aliphatic heterocycles. The SMILES string of the molecule is CCCc1c(OC)ccc2cc(C(=O)Nc3ccc(NC4CCCNC4)cc3)c(=O)oc12. The van der Waals surface area contributed by atoms with E-state index in [1.54, 1.807) is 19.2 Å². The number of aryl methyl sites for hydroxylation is 1. The number of fused-ring (bicyclic) bond motifs is 1. The van der Waals surface area contributed by atoms with Gasteiger partial charge in [-0.15, -0.1) is 0 Å². The quantitative estimate of drug-likeness (QED) is 0.483. The molecule has 1 unspecified atom stereocenters. The predicted octanol–water partition coefficient (Wildman–Crippen LogP) is 4.17. The smallest absolute Gasteiger partial charge is 0.349 e. The summed E-state index contributed by atoms with van der Waals surface area (Å²) in [5, 5.41) is 10.4. The first-order valence-electron chi connectivity index (χ1n) is 11.1. The van der Waals surface area contributed by atoms with Gasteiger partial charge in [-0.2, -0.15) is 0 Å². The number of anilines is 2. The van der Waals surface area contributed by atoms with Gasteiger partial charge in [0.1, 0.15) is 16.9 Å². The molecular formula is C25H29N3O4. The molecule has 1 amide bonds. The number of nitrogens with one attached hydrogen (secondary N) is 3. The standard InChI is InChI=1S/C25H29N3O4/c1-3-5-20-22(31-2)12-7-16-14-21(25(30)32-23(16)20)24(29)28-18-10-8-17(9-11-18)27-19-6-4-13-26-15-19/h7-12,14,19,26-27H,3-6,13,15H2,1-2H3,(H,28,29). The molecule has 32 heavy (non-hydrogen) atoms. The van der Waals surface area contributed by atoms with Crippen LogP contribution >= 0.6 is 0 Å². The normalized spacial score (nSPS) is 16.0. The molecule has 1 saturated heterocycles. The van der Waals surface area contributed by atoms with Crippen molar-refractivity contribution in [3.8, 4) is 5.75 Å². The van der Waals surface area contributed by atoms with E-state index in [0.29, 0.717) is 34.9 Å². The number of rotatable bonds is 7. The lowest BCUT2D eigenvalue weighted by Crippen LogP contribution is -2.38. The van der Waals surface area contributed by atoms with Crippen LogP contribution in [0.15, 0.2) is 51.7 Å². The molecule has 3 aromatic rings. The average molecular weight is 436 g/mol. The van der Waals surface area contributed by atoms with Crippen molar-refractivity contribution in [2.45, 2.75) is 38.6 Å². The van der Waals surface area contributed by atoms with Gasteiger partial charge in [0.25, 0.3) is 5.91 Å². The van der Waals surface area contributed by atoms with Crippen LogP contribution in [-0.2, 0) is 6.42 Å². The number of hydrogen-bond donors (Lipinski definition) is 3. The minimum Gasteiger partial charge on any atom is -0.496 e. The van der Waals surface area contributed by atoms with Crippen LogP contribution in [0.25, 0.3) is 11.0 Å². The Morgan fingerprint density at radius 2 is 1.97 bits per heavy atom. The van der Waals surface area contributed by atoms with E-state index in [1.165, 1.54) is 0 Å². The summed E-state index contributed by atoms with van der Waals surface area (Å²) in [6.45, 7) is 4.06. The molecule has 7 nitrogen and oxygen atoms in total. The first kappa shape index (κ1) is 21.9. The molecule has 1 atom stereocenters. The zero-order valence-electron chi connectivity index (χ0n) is 18.5. The van der Waals surface area contributed by atoms with Crippen molar-refractivity contribution in [3.63, 3.8) is 0 Å². The molecular weight excluding hydrogens is 406 g/mol. The molecule has 3 N–H and O–H groups in total. The lowest BCUT2D eigenvalue weighted by Gasteiger charge is -2.24. The van der Waals surface area contributed by atoms with E-state index < -0.39 is 11.5 Å². The van der Waals surface area contributed by atoms with Crippen molar-refractivity contribution in [1.82, 2.24) is 5.32 Å². The molecule has 0 spiro atoms. The lowest BCUT2D eigenvalue weighted by atomic mass is 10.0. The van der Waals surface area contributed by atoms with Gasteiger partial charge in [-0.3, -0.25) is 4.79 Å². The number of amides is 1. The maximum Gasteiger partial charge on any atom is 0.349 e. The van der Waals surface area contributed by atoms with Crippen LogP contribution in [0, 0.1) is 0 Å². The van der Waals surface area contributed by atoms with Gasteiger partial charge < -0.3 is 25.1 Å². The second kappa shape index (κ2) is 9.87. The molecule has 1 fully saturated rings. The number of ether oxygens (including phenoxy) is 1. The number of hydrogen-bond acceptors (Lipinski definition) is 6. The maximum absolute atomic E-state index is 12.8. The number of benzene rings is 2. The third-order valence-electron chi connectivity index (χ3n) is 5.74. The highest BCUT2D eigenvalue weighted by Gasteiger charge is 2.18. The molecule has 4 rings (SSSR count). The van der Waals surface area contributed by atoms with E-state index in [1.807, 2.05) is 37.3 Å². The Labute approximate surface area is 187 Å². The molecule has 168 valence electrons. The zero-order chi connectivity index (χ0) is 22.5. The minimum atomic E-state index is -0.663. The van der Waals surface area contributed by atoms with Gasteiger partial charge in [-0.05, 0) is 68.3 Å². The van der Waals surface area contributed by atoms with Crippen LogP contribution in [0.1, 0.15) is 42.1 Å². The van der Waals surface area contributed by atoms with E-state index in [4.69, 9.17) is 9.15 Å². The lowest BCUT2D eigenvalue weighted by molar-refractivity contribution is 0.102. The maximum atomic E-state index is 12.8. The molecule has 0 radical (unpaired) electrons. The number of methoxy groups -OCH3 is 1. The van der Waals surface area contributed by atoms with E-state index >= 15 is 0 Å². The van der Waals surface area contributed by atoms with Crippen molar-refractivity contribution in [3.05, 3.63) is 64.0 Å². The van der Waals surface area contributed by atoms with Crippen molar-refractivity contribution < 1.29 is 13.9 Å². The summed E-state index contributed by atoms with van der Waals surface area (Å²) in [6.07, 6.45) is 3.89. The number of piperidine rings is 1. The summed E-state index contributed by atoms with van der Waals surface area (Å²) in [7, 11) is 1.59. The second-order valence-electron chi connectivity index (χ2n) is 8.08. The van der Waals surface area contributed by atoms with Gasteiger partial charge in [0, 0.05) is 34.9 Å². The Balaban J connectivity index is 1.52. The fourth-order valence-electron chi connectivity index (χ4n) is 4.12. The van der Waals surface area contributed by atoms with Crippen LogP contribution in [0.5, 0.6) is 5.75 Å². The Kier molecular flexibility index (Phi) is 6.75. The molecule has 2 aromatic carbocycles. The minimum absolute atomic E-state index is 0.0272. The summed E-state index contributed by atoms with van der Waals surface area (Å²) in [6, 6.07) is 13.1. The van der Waals surface area contributed by atoms with E-state index in [0.717, 1.165) is 43.6 Å². The van der Waals surface area contributed by atoms with Crippen molar-refractivity contribution >= 4 is 28.3 Å². The summed E-state index contributed by atoms with van der Waals surface area (Å²) in [5.74, 6) is 0.183. The Bertz CT molecular complexity index is 1150. The molecule has 0 aliphatic carbocycles. The Hall–Kier alpha value is -3.32. The highest BCUT2D eigenvalue weighted by molar-refractivity contribution is 6.05. The average Bonchev–Trinajstić information content (AvgIpc) is 2.81. The first-order valence-corrected chi connectivity index (χ1v) is 11.1. The molecule has 1 aromatic heterocycles. The molecule has 1 aliphatic rings. The highest BCUT2D eigenvalue weighted by atomic mass is 16.5. The van der Waals surface area contributed by atoms with Gasteiger partial charge in [0.2, 0.25) is 0 Å². The fourth-order valence-corrected chi connectivity index (χ4v) is 4.12. The van der Waals surface area contributed by atoms with Gasteiger partial charge in [-0.25, -0.2) is 4.79 Å². The highest BCUT2D eigenvalue weighted by Crippen LogP contribution is 2.29. The van der Waals surface area contributed by atoms with Crippen LogP contribution < -0.4 is 26.3 Å². The fraction of sp³-hybridized carbons (Fsp3) is 0.360. The molecule has 2 heterocycles. The van der Waals surface area contributed by atoms with Gasteiger partial charge in [0.05, 0.1) is 7.11 Å². The topological polar surface area (TPSA) is 92.6 Å². The largest absolute Gasteiger partial charge is 0.496 e. The first-order chi connectivity index (χ1) is 15.6. The van der Waals surface area contributed by atoms with Crippen molar-refractivity contribution in [2.24, 2.45) is 0 Å². The Morgan fingerprint density at radius 1 is 1.19 bits per heavy atom. The number of carbonyl (C=O) groups is 1. The third-order valence-corrected chi connectivity index (χ3v) is 5.74. The van der Waals surface area contributed by atoms with Crippen LogP contribution in [-0.4, -0.2) is 32.1 Å². The monoisotopic (exact) mass is 435 g/mol. The van der Waals surface area contributed by atoms with E-state index in [-0.39, 0.29) is 5.56 Å². The third kappa shape index (κ3) is 4.78. The molecule has 7 heteroatoms. The Morgan fingerprint density at radius 3 is 2.66 bits per heavy atom. The molecule has 0 bridgehead atoms. The summed E-state index contributed by atoms with van der Waals surface area (Å²) in [4.78, 5) is 25.4. The molecule has 0 saturated carbocycles. The van der Waals surface area contributed by atoms with Gasteiger partial charge in [0.15, 0.2) is 0 Å². The zero-order valence-corrected chi connectivity index (χ0v) is 18.5. The van der Waals surface area contributed by atoms with Crippen LogP contribution in [0.3, 0.4) is 0 Å². The summed E-state index contributed by atoms with van der Waals surface area (Å²) >= 11 is 0. The van der Waals surface area contributed by atoms with Crippen molar-refractivity contribution in [2.75, 3.05) is 30.8 Å².